The van der Waals surface area contributed by atoms with E-state index in [-0.39, 0.29) is 11.5 Å². The van der Waals surface area contributed by atoms with Crippen molar-refractivity contribution in [2.45, 2.75) is 25.4 Å². The molecule has 0 aliphatic heterocycles. The molecular weight excluding hydrogens is 266 g/mol. The molecule has 0 heterocycles. The van der Waals surface area contributed by atoms with E-state index in [1.807, 2.05) is 6.92 Å². The van der Waals surface area contributed by atoms with Crippen LogP contribution in [0.2, 0.25) is 0 Å². The molecule has 0 amide bonds. The Balaban J connectivity index is 2.46. The predicted octanol–water partition coefficient (Wildman–Crippen LogP) is 3.34. The SMILES string of the molecule is CCC1CC1(O)c1c(F)cc(Br)cc1F. The summed E-state index contributed by atoms with van der Waals surface area (Å²) in [4.78, 5) is 0. The molecule has 0 radical (unpaired) electrons. The number of halogens is 3. The summed E-state index contributed by atoms with van der Waals surface area (Å²) in [5.74, 6) is -1.39. The quantitative estimate of drug-likeness (QED) is 0.879. The number of aliphatic hydroxyl groups is 1. The van der Waals surface area contributed by atoms with Crippen molar-refractivity contribution in [2.75, 3.05) is 0 Å². The van der Waals surface area contributed by atoms with Crippen LogP contribution in [-0.2, 0) is 5.60 Å². The van der Waals surface area contributed by atoms with E-state index < -0.39 is 17.2 Å². The van der Waals surface area contributed by atoms with Crippen molar-refractivity contribution in [2.24, 2.45) is 5.92 Å². The summed E-state index contributed by atoms with van der Waals surface area (Å²) in [6.45, 7) is 1.90. The smallest absolute Gasteiger partial charge is 0.133 e. The van der Waals surface area contributed by atoms with Crippen molar-refractivity contribution < 1.29 is 13.9 Å². The van der Waals surface area contributed by atoms with Crippen LogP contribution in [0.1, 0.15) is 25.3 Å². The van der Waals surface area contributed by atoms with Crippen LogP contribution in [0, 0.1) is 17.6 Å². The molecule has 15 heavy (non-hydrogen) atoms. The standard InChI is InChI=1S/C11H11BrF2O/c1-2-6-5-11(6,15)10-8(13)3-7(12)4-9(10)14/h3-4,6,15H,2,5H2,1H3. The van der Waals surface area contributed by atoms with Gasteiger partial charge < -0.3 is 5.11 Å². The maximum Gasteiger partial charge on any atom is 0.133 e. The van der Waals surface area contributed by atoms with Crippen LogP contribution in [0.25, 0.3) is 0 Å². The molecule has 1 aromatic carbocycles. The lowest BCUT2D eigenvalue weighted by molar-refractivity contribution is 0.121. The normalized spacial score (nSPS) is 29.3. The summed E-state index contributed by atoms with van der Waals surface area (Å²) in [5.41, 5.74) is -1.47. The van der Waals surface area contributed by atoms with E-state index >= 15 is 0 Å². The number of rotatable bonds is 2. The van der Waals surface area contributed by atoms with Gasteiger partial charge in [-0.3, -0.25) is 0 Å². The molecule has 1 saturated carbocycles. The number of hydrogen-bond acceptors (Lipinski definition) is 1. The molecule has 2 atom stereocenters. The Kier molecular flexibility index (Phi) is 2.59. The van der Waals surface area contributed by atoms with E-state index in [2.05, 4.69) is 15.9 Å². The first-order valence-electron chi connectivity index (χ1n) is 4.86. The van der Waals surface area contributed by atoms with Gasteiger partial charge in [-0.05, 0) is 24.5 Å². The maximum absolute atomic E-state index is 13.5. The molecule has 2 rings (SSSR count). The second-order valence-corrected chi connectivity index (χ2v) is 4.89. The van der Waals surface area contributed by atoms with Gasteiger partial charge in [-0.2, -0.15) is 0 Å². The first kappa shape index (κ1) is 11.0. The molecule has 0 saturated heterocycles. The maximum atomic E-state index is 13.5. The topological polar surface area (TPSA) is 20.2 Å². The Hall–Kier alpha value is -0.480. The van der Waals surface area contributed by atoms with Crippen LogP contribution >= 0.6 is 15.9 Å². The van der Waals surface area contributed by atoms with Gasteiger partial charge in [0, 0.05) is 4.47 Å². The van der Waals surface area contributed by atoms with Crippen LogP contribution in [0.15, 0.2) is 16.6 Å². The van der Waals surface area contributed by atoms with Gasteiger partial charge in [-0.25, -0.2) is 8.78 Å². The lowest BCUT2D eigenvalue weighted by Crippen LogP contribution is -2.13. The van der Waals surface area contributed by atoms with Crippen molar-refractivity contribution in [1.29, 1.82) is 0 Å². The molecule has 1 aromatic rings. The van der Waals surface area contributed by atoms with Gasteiger partial charge in [0.2, 0.25) is 0 Å². The first-order valence-corrected chi connectivity index (χ1v) is 5.65. The molecular formula is C11H11BrF2O. The van der Waals surface area contributed by atoms with Crippen molar-refractivity contribution in [1.82, 2.24) is 0 Å². The van der Waals surface area contributed by atoms with E-state index in [0.717, 1.165) is 6.42 Å². The molecule has 4 heteroatoms. The van der Waals surface area contributed by atoms with Gasteiger partial charge in [0.05, 0.1) is 11.2 Å². The highest BCUT2D eigenvalue weighted by Crippen LogP contribution is 2.55. The molecule has 0 spiro atoms. The predicted molar refractivity (Wildman–Crippen MR) is 56.4 cm³/mol. The van der Waals surface area contributed by atoms with Crippen LogP contribution in [0.4, 0.5) is 8.78 Å². The molecule has 82 valence electrons. The third-order valence-corrected chi connectivity index (χ3v) is 3.46. The highest BCUT2D eigenvalue weighted by atomic mass is 79.9. The van der Waals surface area contributed by atoms with Crippen LogP contribution in [0.3, 0.4) is 0 Å². The largest absolute Gasteiger partial charge is 0.385 e. The molecule has 2 unspecified atom stereocenters. The van der Waals surface area contributed by atoms with Gasteiger partial charge >= 0.3 is 0 Å². The fourth-order valence-corrected chi connectivity index (χ4v) is 2.46. The Morgan fingerprint density at radius 2 is 2.00 bits per heavy atom. The van der Waals surface area contributed by atoms with Crippen molar-refractivity contribution in [3.8, 4) is 0 Å². The monoisotopic (exact) mass is 276 g/mol. The molecule has 1 fully saturated rings. The number of hydrogen-bond donors (Lipinski definition) is 1. The summed E-state index contributed by atoms with van der Waals surface area (Å²) >= 11 is 3.00. The van der Waals surface area contributed by atoms with Gasteiger partial charge in [-0.1, -0.05) is 29.3 Å². The van der Waals surface area contributed by atoms with Gasteiger partial charge in [0.1, 0.15) is 11.6 Å². The summed E-state index contributed by atoms with van der Waals surface area (Å²) < 4.78 is 27.4. The zero-order chi connectivity index (χ0) is 11.2. The first-order chi connectivity index (χ1) is 6.99. The molecule has 0 aromatic heterocycles. The fourth-order valence-electron chi connectivity index (χ4n) is 2.06. The fraction of sp³-hybridized carbons (Fsp3) is 0.455. The van der Waals surface area contributed by atoms with Crippen LogP contribution in [0.5, 0.6) is 0 Å². The van der Waals surface area contributed by atoms with E-state index in [4.69, 9.17) is 0 Å². The van der Waals surface area contributed by atoms with Crippen molar-refractivity contribution in [3.63, 3.8) is 0 Å². The van der Waals surface area contributed by atoms with Crippen LogP contribution in [-0.4, -0.2) is 5.11 Å². The summed E-state index contributed by atoms with van der Waals surface area (Å²) in [6.07, 6.45) is 1.17. The minimum absolute atomic E-state index is 0.0253. The van der Waals surface area contributed by atoms with Gasteiger partial charge in [-0.15, -0.1) is 0 Å². The minimum Gasteiger partial charge on any atom is -0.385 e. The molecule has 1 aliphatic carbocycles. The van der Waals surface area contributed by atoms with Gasteiger partial charge in [0.25, 0.3) is 0 Å². The number of benzene rings is 1. The zero-order valence-corrected chi connectivity index (χ0v) is 9.81. The lowest BCUT2D eigenvalue weighted by atomic mass is 10.0. The Morgan fingerprint density at radius 3 is 2.40 bits per heavy atom. The molecule has 1 N–H and O–H groups in total. The molecule has 0 bridgehead atoms. The minimum atomic E-state index is -1.29. The van der Waals surface area contributed by atoms with E-state index in [9.17, 15) is 13.9 Å². The Bertz CT molecular complexity index is 385. The average Bonchev–Trinajstić information content (AvgIpc) is 2.75. The second kappa shape index (κ2) is 3.52. The second-order valence-electron chi connectivity index (χ2n) is 3.98. The summed E-state index contributed by atoms with van der Waals surface area (Å²) in [5, 5.41) is 10.0. The third kappa shape index (κ3) is 1.70. The molecule has 1 aliphatic rings. The molecule has 1 nitrogen and oxygen atoms in total. The lowest BCUT2D eigenvalue weighted by Gasteiger charge is -2.13. The highest BCUT2D eigenvalue weighted by molar-refractivity contribution is 9.10. The zero-order valence-electron chi connectivity index (χ0n) is 8.23. The summed E-state index contributed by atoms with van der Waals surface area (Å²) in [7, 11) is 0. The summed E-state index contributed by atoms with van der Waals surface area (Å²) in [6, 6.07) is 2.36. The van der Waals surface area contributed by atoms with Crippen LogP contribution < -0.4 is 0 Å². The van der Waals surface area contributed by atoms with Crippen molar-refractivity contribution >= 4 is 15.9 Å². The highest BCUT2D eigenvalue weighted by Gasteiger charge is 2.55. The third-order valence-electron chi connectivity index (χ3n) is 3.01. The van der Waals surface area contributed by atoms with E-state index in [0.29, 0.717) is 10.9 Å². The van der Waals surface area contributed by atoms with E-state index in [1.54, 1.807) is 0 Å². The van der Waals surface area contributed by atoms with Gasteiger partial charge in [0.15, 0.2) is 0 Å². The Labute approximate surface area is 95.2 Å². The van der Waals surface area contributed by atoms with Crippen molar-refractivity contribution in [3.05, 3.63) is 33.8 Å². The van der Waals surface area contributed by atoms with E-state index in [1.165, 1.54) is 12.1 Å². The Morgan fingerprint density at radius 1 is 1.47 bits per heavy atom. The average molecular weight is 277 g/mol.